The summed E-state index contributed by atoms with van der Waals surface area (Å²) < 4.78 is 0. The van der Waals surface area contributed by atoms with Crippen molar-refractivity contribution >= 4 is 75.6 Å². The number of pyridine rings is 2. The van der Waals surface area contributed by atoms with E-state index < -0.39 is 5.41 Å². The van der Waals surface area contributed by atoms with Gasteiger partial charge < -0.3 is 30.2 Å². The van der Waals surface area contributed by atoms with Crippen molar-refractivity contribution in [2.45, 2.75) is 68.8 Å². The highest BCUT2D eigenvalue weighted by Gasteiger charge is 2.47. The zero-order valence-corrected chi connectivity index (χ0v) is 45.1. The molecule has 10 heterocycles. The minimum atomic E-state index is -0.538. The molecule has 2 aromatic carbocycles. The molecule has 0 radical (unpaired) electrons. The van der Waals surface area contributed by atoms with Gasteiger partial charge in [-0.25, -0.2) is 9.97 Å². The van der Waals surface area contributed by atoms with E-state index in [1.54, 1.807) is 48.3 Å². The molecule has 2 amide bonds. The fourth-order valence-electron chi connectivity index (χ4n) is 10.4. The predicted octanol–water partition coefficient (Wildman–Crippen LogP) is 8.51. The molecule has 384 valence electrons. The molecule has 2 saturated heterocycles. The number of nitrogens with one attached hydrogen (secondary N) is 2. The second kappa shape index (κ2) is 20.9. The summed E-state index contributed by atoms with van der Waals surface area (Å²) in [6.07, 6.45) is 9.05. The van der Waals surface area contributed by atoms with Crippen molar-refractivity contribution in [3.8, 4) is 0 Å². The van der Waals surface area contributed by atoms with E-state index in [-0.39, 0.29) is 11.8 Å². The summed E-state index contributed by atoms with van der Waals surface area (Å²) in [5.74, 6) is 3.42. The van der Waals surface area contributed by atoms with Gasteiger partial charge in [-0.05, 0) is 102 Å². The first kappa shape index (κ1) is 50.1. The van der Waals surface area contributed by atoms with Crippen molar-refractivity contribution in [2.24, 2.45) is 0 Å². The lowest BCUT2D eigenvalue weighted by atomic mass is 9.75. The number of rotatable bonds is 8. The van der Waals surface area contributed by atoms with Crippen molar-refractivity contribution in [1.29, 1.82) is 0 Å². The molecule has 2 fully saturated rings. The van der Waals surface area contributed by atoms with Gasteiger partial charge in [0.15, 0.2) is 0 Å². The third-order valence-corrected chi connectivity index (χ3v) is 16.9. The second-order valence-electron chi connectivity index (χ2n) is 20.3. The maximum atomic E-state index is 13.9. The molecule has 4 aromatic heterocycles. The summed E-state index contributed by atoms with van der Waals surface area (Å²) in [6, 6.07) is 25.0. The van der Waals surface area contributed by atoms with E-state index >= 15 is 0 Å². The number of likely N-dealkylation sites (N-methyl/N-ethyl adjacent to an activating group) is 2. The first-order chi connectivity index (χ1) is 36.3. The molecule has 6 aliphatic heterocycles. The Morgan fingerprint density at radius 3 is 1.69 bits per heavy atom. The van der Waals surface area contributed by atoms with Gasteiger partial charge in [0.2, 0.25) is 0 Å². The number of thioether (sulfide) groups is 2. The van der Waals surface area contributed by atoms with Crippen molar-refractivity contribution < 1.29 is 9.59 Å². The quantitative estimate of drug-likeness (QED) is 0.150. The van der Waals surface area contributed by atoms with Crippen LogP contribution in [-0.4, -0.2) is 118 Å². The van der Waals surface area contributed by atoms with E-state index in [9.17, 15) is 9.59 Å². The van der Waals surface area contributed by atoms with Crippen LogP contribution in [0.2, 0.25) is 0 Å². The molecule has 6 aromatic rings. The molecular weight excluding hydrogens is 977 g/mol. The lowest BCUT2D eigenvalue weighted by molar-refractivity contribution is -0.118. The molecule has 0 unspecified atom stereocenters. The first-order valence-electron chi connectivity index (χ1n) is 25.7. The highest BCUT2D eigenvalue weighted by molar-refractivity contribution is 8.04. The van der Waals surface area contributed by atoms with Gasteiger partial charge in [-0.2, -0.15) is 0 Å². The Morgan fingerprint density at radius 1 is 0.600 bits per heavy atom. The Kier molecular flexibility index (Phi) is 13.9. The van der Waals surface area contributed by atoms with Gasteiger partial charge >= 0.3 is 0 Å². The van der Waals surface area contributed by atoms with Gasteiger partial charge in [0.05, 0.1) is 80.8 Å². The van der Waals surface area contributed by atoms with Gasteiger partial charge in [-0.3, -0.25) is 39.3 Å². The Balaban J connectivity index is 0.000000161. The number of para-hydroxylation sites is 2. The van der Waals surface area contributed by atoms with Crippen molar-refractivity contribution in [3.05, 3.63) is 159 Å². The fraction of sp³-hybridized carbons (Fsp3) is 0.333. The van der Waals surface area contributed by atoms with Crippen LogP contribution in [0, 0.1) is 13.8 Å². The summed E-state index contributed by atoms with van der Waals surface area (Å²) in [4.78, 5) is 71.3. The van der Waals surface area contributed by atoms with Crippen LogP contribution < -0.4 is 30.2 Å². The van der Waals surface area contributed by atoms with Gasteiger partial charge in [0.1, 0.15) is 23.3 Å². The van der Waals surface area contributed by atoms with Crippen LogP contribution in [0.3, 0.4) is 0 Å². The summed E-state index contributed by atoms with van der Waals surface area (Å²) >= 11 is 3.24. The number of fused-ring (bicyclic) bond motifs is 10. The molecule has 18 heteroatoms. The highest BCUT2D eigenvalue weighted by atomic mass is 32.2. The standard InChI is InChI=1S/C29H33N7OS.C28H29N7OS/c1-19-16-31-20(17-30-19)18-32-27(37)25-28-36(22-8-5-6-9-23(22)38-28)26-21(29(25,2)3)10-11-24(33-26)35-13-7-12-34(4)14-15-35;1-18-15-30-20(16-29-18)17-31-27(36)25-19(2)21-9-10-24(34-12-6-11-33(3)13-14-34)32-26(21)35-22-7-4-5-8-23(22)37-28(25)35/h5-6,8-11,16-17H,7,12-15,18H2,1-4H3,(H,32,37);4-5,7-10,15-16H,2,6,11-14,17H2,1,3H3,(H,31,36). The van der Waals surface area contributed by atoms with Gasteiger partial charge in [-0.1, -0.05) is 74.3 Å². The number of anilines is 6. The molecule has 75 heavy (non-hydrogen) atoms. The molecule has 0 spiro atoms. The number of aryl methyl sites for hydroxylation is 2. The Bertz CT molecular complexity index is 3270. The topological polar surface area (TPSA) is 155 Å². The minimum absolute atomic E-state index is 0.0945. The third-order valence-electron chi connectivity index (χ3n) is 14.6. The number of amides is 2. The average Bonchev–Trinajstić information content (AvgIpc) is 3.88. The van der Waals surface area contributed by atoms with E-state index in [4.69, 9.17) is 9.97 Å². The summed E-state index contributed by atoms with van der Waals surface area (Å²) in [7, 11) is 4.35. The smallest absolute Gasteiger partial charge is 0.254 e. The Hall–Kier alpha value is -7.12. The van der Waals surface area contributed by atoms with Crippen molar-refractivity contribution in [3.63, 3.8) is 0 Å². The van der Waals surface area contributed by atoms with E-state index in [1.807, 2.05) is 38.1 Å². The van der Waals surface area contributed by atoms with E-state index in [2.05, 4.69) is 143 Å². The lowest BCUT2D eigenvalue weighted by Gasteiger charge is -2.39. The monoisotopic (exact) mass is 1040 g/mol. The summed E-state index contributed by atoms with van der Waals surface area (Å²) in [5.41, 5.74) is 8.62. The molecule has 0 aliphatic carbocycles. The van der Waals surface area contributed by atoms with Crippen LogP contribution in [0.4, 0.5) is 34.6 Å². The number of hydrogen-bond acceptors (Lipinski definition) is 16. The minimum Gasteiger partial charge on any atom is -0.355 e. The molecule has 16 nitrogen and oxygen atoms in total. The normalized spacial score (nSPS) is 17.9. The van der Waals surface area contributed by atoms with E-state index in [0.29, 0.717) is 29.9 Å². The van der Waals surface area contributed by atoms with Gasteiger partial charge in [0.25, 0.3) is 11.8 Å². The van der Waals surface area contributed by atoms with E-state index in [1.165, 1.54) is 0 Å². The Morgan fingerprint density at radius 2 is 1.12 bits per heavy atom. The number of benzene rings is 2. The lowest BCUT2D eigenvalue weighted by Crippen LogP contribution is -2.41. The maximum Gasteiger partial charge on any atom is 0.254 e. The van der Waals surface area contributed by atoms with Gasteiger partial charge in [-0.15, -0.1) is 0 Å². The van der Waals surface area contributed by atoms with Gasteiger partial charge in [0, 0.05) is 78.0 Å². The van der Waals surface area contributed by atoms with Crippen LogP contribution in [0.25, 0.3) is 5.57 Å². The number of hydrogen-bond donors (Lipinski definition) is 2. The molecular formula is C57H62N14O2S2. The molecule has 6 aliphatic rings. The van der Waals surface area contributed by atoms with Crippen LogP contribution in [-0.2, 0) is 28.1 Å². The fourth-order valence-corrected chi connectivity index (χ4v) is 12.9. The van der Waals surface area contributed by atoms with Crippen LogP contribution in [0.15, 0.2) is 135 Å². The van der Waals surface area contributed by atoms with Crippen LogP contribution in [0.1, 0.15) is 60.6 Å². The average molecular weight is 1040 g/mol. The predicted molar refractivity (Wildman–Crippen MR) is 299 cm³/mol. The SMILES string of the molecule is C=C1C(C(=O)NCc2cnc(C)cn2)=C2Sc3ccccc3N2c2nc(N3CCCN(C)CC3)ccc21.Cc1cnc(CNC(=O)C2=C3Sc4ccccc4N3c3nc(N4CCCN(C)CC4)ccc3C2(C)C)cn1. The number of nitrogens with zero attached hydrogens (tertiary/aromatic N) is 12. The third kappa shape index (κ3) is 9.87. The van der Waals surface area contributed by atoms with Crippen LogP contribution >= 0.6 is 23.5 Å². The molecule has 0 atom stereocenters. The first-order valence-corrected chi connectivity index (χ1v) is 27.3. The Labute approximate surface area is 447 Å². The second-order valence-corrected chi connectivity index (χ2v) is 22.4. The van der Waals surface area contributed by atoms with Crippen molar-refractivity contribution in [2.75, 3.05) is 86.1 Å². The molecule has 2 N–H and O–H groups in total. The summed E-state index contributed by atoms with van der Waals surface area (Å²) in [5, 5.41) is 7.91. The van der Waals surface area contributed by atoms with E-state index in [0.717, 1.165) is 153 Å². The van der Waals surface area contributed by atoms with Crippen molar-refractivity contribution in [1.82, 2.24) is 50.3 Å². The number of carbonyl (C=O) groups is 2. The molecule has 12 rings (SSSR count). The summed E-state index contributed by atoms with van der Waals surface area (Å²) in [6.45, 7) is 21.1. The molecule has 0 bridgehead atoms. The highest BCUT2D eigenvalue weighted by Crippen LogP contribution is 2.59. The zero-order chi connectivity index (χ0) is 52.0. The zero-order valence-electron chi connectivity index (χ0n) is 43.4. The largest absolute Gasteiger partial charge is 0.355 e. The maximum absolute atomic E-state index is 13.9. The van der Waals surface area contributed by atoms with Crippen LogP contribution in [0.5, 0.6) is 0 Å². The molecule has 0 saturated carbocycles. The number of carbonyl (C=O) groups excluding carboxylic acids is 2. The number of aromatic nitrogens is 6.